The second-order valence-corrected chi connectivity index (χ2v) is 7.67. The van der Waals surface area contributed by atoms with Gasteiger partial charge in [0.1, 0.15) is 11.5 Å². The van der Waals surface area contributed by atoms with Crippen LogP contribution < -0.4 is 4.74 Å². The van der Waals surface area contributed by atoms with Gasteiger partial charge in [0.15, 0.2) is 11.3 Å². The molecule has 4 rings (SSSR count). The van der Waals surface area contributed by atoms with Crippen LogP contribution >= 0.6 is 0 Å². The maximum atomic E-state index is 13.1. The predicted molar refractivity (Wildman–Crippen MR) is 119 cm³/mol. The molecule has 1 heterocycles. The molecule has 0 aliphatic carbocycles. The molecule has 0 saturated carbocycles. The van der Waals surface area contributed by atoms with E-state index in [1.165, 1.54) is 25.3 Å². The molecule has 0 unspecified atom stereocenters. The number of ether oxygens (including phenoxy) is 1. The fraction of sp³-hybridized carbons (Fsp3) is 0.120. The lowest BCUT2D eigenvalue weighted by Crippen LogP contribution is -2.10. The summed E-state index contributed by atoms with van der Waals surface area (Å²) in [6.45, 7) is 1.51. The predicted octanol–water partition coefficient (Wildman–Crippen LogP) is 6.69. The zero-order chi connectivity index (χ0) is 24.5. The number of ketones is 1. The Kier molecular flexibility index (Phi) is 6.02. The number of halogens is 3. The van der Waals surface area contributed by atoms with E-state index in [1.54, 1.807) is 42.5 Å². The first-order valence-electron chi connectivity index (χ1n) is 10.1. The van der Waals surface area contributed by atoms with Gasteiger partial charge in [-0.25, -0.2) is 4.98 Å². The zero-order valence-electron chi connectivity index (χ0n) is 17.8. The Morgan fingerprint density at radius 2 is 1.79 bits per heavy atom. The van der Waals surface area contributed by atoms with Gasteiger partial charge in [-0.3, -0.25) is 14.9 Å². The molecular formula is C25H17F3N2O4. The number of aryl methyl sites for hydroxylation is 1. The molecule has 0 N–H and O–H groups in total. The van der Waals surface area contributed by atoms with Gasteiger partial charge in [-0.1, -0.05) is 18.2 Å². The van der Waals surface area contributed by atoms with Crippen LogP contribution in [0.25, 0.3) is 10.9 Å². The van der Waals surface area contributed by atoms with Crippen LogP contribution in [0.2, 0.25) is 0 Å². The number of alkyl halides is 3. The van der Waals surface area contributed by atoms with E-state index in [0.29, 0.717) is 28.0 Å². The van der Waals surface area contributed by atoms with Gasteiger partial charge in [0.25, 0.3) is 5.69 Å². The Morgan fingerprint density at radius 1 is 1.06 bits per heavy atom. The molecule has 9 heteroatoms. The molecule has 0 radical (unpaired) electrons. The summed E-state index contributed by atoms with van der Waals surface area (Å²) in [5.41, 5.74) is 0.154. The van der Waals surface area contributed by atoms with E-state index in [1.807, 2.05) is 0 Å². The van der Waals surface area contributed by atoms with E-state index in [0.717, 1.165) is 12.1 Å². The minimum atomic E-state index is -4.53. The van der Waals surface area contributed by atoms with Gasteiger partial charge in [0, 0.05) is 29.6 Å². The van der Waals surface area contributed by atoms with Crippen LogP contribution in [0.15, 0.2) is 72.9 Å². The number of benzene rings is 3. The van der Waals surface area contributed by atoms with E-state index in [2.05, 4.69) is 4.98 Å². The average Bonchev–Trinajstić information content (AvgIpc) is 2.79. The molecule has 6 nitrogen and oxygen atoms in total. The van der Waals surface area contributed by atoms with E-state index in [9.17, 15) is 28.1 Å². The van der Waals surface area contributed by atoms with Crippen molar-refractivity contribution >= 4 is 22.4 Å². The minimum absolute atomic E-state index is 0.00231. The SMILES string of the molecule is Cc1cc(C(=O)Cc2ccc(Oc3ccnc4c([N+](=O)[O-])cccc34)cc2)cc(C(F)(F)F)c1. The molecule has 0 fully saturated rings. The number of pyridine rings is 1. The quantitative estimate of drug-likeness (QED) is 0.180. The van der Waals surface area contributed by atoms with Crippen LogP contribution in [0.5, 0.6) is 11.5 Å². The first kappa shape index (κ1) is 22.9. The highest BCUT2D eigenvalue weighted by Gasteiger charge is 2.31. The number of carbonyl (C=O) groups excluding carboxylic acids is 1. The van der Waals surface area contributed by atoms with E-state index in [4.69, 9.17) is 4.74 Å². The maximum absolute atomic E-state index is 13.1. The number of rotatable bonds is 6. The first-order chi connectivity index (χ1) is 16.1. The van der Waals surface area contributed by atoms with Crippen molar-refractivity contribution in [1.29, 1.82) is 0 Å². The Morgan fingerprint density at radius 3 is 2.47 bits per heavy atom. The number of Topliss-reactive ketones (excluding diaryl/α,β-unsaturated/α-hetero) is 1. The number of hydrogen-bond donors (Lipinski definition) is 0. The van der Waals surface area contributed by atoms with E-state index in [-0.39, 0.29) is 23.2 Å². The lowest BCUT2D eigenvalue weighted by Gasteiger charge is -2.11. The number of carbonyl (C=O) groups is 1. The van der Waals surface area contributed by atoms with Gasteiger partial charge in [-0.2, -0.15) is 13.2 Å². The molecule has 4 aromatic rings. The van der Waals surface area contributed by atoms with Crippen LogP contribution in [0, 0.1) is 17.0 Å². The maximum Gasteiger partial charge on any atom is 0.416 e. The number of nitrogens with zero attached hydrogens (tertiary/aromatic N) is 2. The second-order valence-electron chi connectivity index (χ2n) is 7.67. The summed E-state index contributed by atoms with van der Waals surface area (Å²) >= 11 is 0. The largest absolute Gasteiger partial charge is 0.457 e. The topological polar surface area (TPSA) is 82.3 Å². The van der Waals surface area contributed by atoms with Gasteiger partial charge in [0.2, 0.25) is 0 Å². The van der Waals surface area contributed by atoms with Gasteiger partial charge < -0.3 is 4.74 Å². The van der Waals surface area contributed by atoms with Crippen molar-refractivity contribution in [2.45, 2.75) is 19.5 Å². The van der Waals surface area contributed by atoms with Crippen molar-refractivity contribution in [3.8, 4) is 11.5 Å². The lowest BCUT2D eigenvalue weighted by molar-refractivity contribution is -0.383. The van der Waals surface area contributed by atoms with Crippen LogP contribution in [0.4, 0.5) is 18.9 Å². The number of nitro groups is 1. The van der Waals surface area contributed by atoms with Crippen molar-refractivity contribution in [2.75, 3.05) is 0 Å². The number of hydrogen-bond acceptors (Lipinski definition) is 5. The Hall–Kier alpha value is -4.27. The van der Waals surface area contributed by atoms with Crippen LogP contribution in [-0.4, -0.2) is 15.7 Å². The number of fused-ring (bicyclic) bond motifs is 1. The fourth-order valence-electron chi connectivity index (χ4n) is 3.57. The molecule has 0 aliphatic rings. The average molecular weight is 466 g/mol. The zero-order valence-corrected chi connectivity index (χ0v) is 17.8. The smallest absolute Gasteiger partial charge is 0.416 e. The molecule has 3 aromatic carbocycles. The molecule has 172 valence electrons. The lowest BCUT2D eigenvalue weighted by atomic mass is 9.99. The third-order valence-electron chi connectivity index (χ3n) is 5.15. The number of para-hydroxylation sites is 1. The van der Waals surface area contributed by atoms with Gasteiger partial charge >= 0.3 is 6.18 Å². The molecule has 0 spiro atoms. The van der Waals surface area contributed by atoms with Crippen LogP contribution in [0.1, 0.15) is 27.0 Å². The number of aromatic nitrogens is 1. The first-order valence-corrected chi connectivity index (χ1v) is 10.1. The summed E-state index contributed by atoms with van der Waals surface area (Å²) in [7, 11) is 0. The minimum Gasteiger partial charge on any atom is -0.457 e. The van der Waals surface area contributed by atoms with Gasteiger partial charge in [0.05, 0.1) is 10.5 Å². The summed E-state index contributed by atoms with van der Waals surface area (Å²) in [5.74, 6) is 0.359. The number of nitro benzene ring substituents is 1. The normalized spacial score (nSPS) is 11.4. The van der Waals surface area contributed by atoms with Gasteiger partial charge in [-0.05, 0) is 60.5 Å². The monoisotopic (exact) mass is 466 g/mol. The summed E-state index contributed by atoms with van der Waals surface area (Å²) < 4.78 is 45.0. The molecule has 0 bridgehead atoms. The Bertz CT molecular complexity index is 1400. The van der Waals surface area contributed by atoms with Crippen molar-refractivity contribution in [3.63, 3.8) is 0 Å². The van der Waals surface area contributed by atoms with Crippen LogP contribution in [0.3, 0.4) is 0 Å². The molecule has 34 heavy (non-hydrogen) atoms. The summed E-state index contributed by atoms with van der Waals surface area (Å²) in [5, 5.41) is 11.7. The summed E-state index contributed by atoms with van der Waals surface area (Å²) in [4.78, 5) is 27.4. The molecule has 0 aliphatic heterocycles. The number of non-ortho nitro benzene ring substituents is 1. The van der Waals surface area contributed by atoms with Crippen LogP contribution in [-0.2, 0) is 12.6 Å². The molecule has 0 atom stereocenters. The summed E-state index contributed by atoms with van der Waals surface area (Å²) in [6, 6.07) is 15.9. The Balaban J connectivity index is 1.53. The molecule has 0 amide bonds. The molecular weight excluding hydrogens is 449 g/mol. The third kappa shape index (κ3) is 4.88. The summed E-state index contributed by atoms with van der Waals surface area (Å²) in [6.07, 6.45) is -3.20. The fourth-order valence-corrected chi connectivity index (χ4v) is 3.57. The molecule has 1 aromatic heterocycles. The van der Waals surface area contributed by atoms with E-state index < -0.39 is 22.4 Å². The van der Waals surface area contributed by atoms with Crippen molar-refractivity contribution in [2.24, 2.45) is 0 Å². The van der Waals surface area contributed by atoms with E-state index >= 15 is 0 Å². The van der Waals surface area contributed by atoms with Crippen molar-refractivity contribution in [3.05, 3.63) is 105 Å². The van der Waals surface area contributed by atoms with Crippen molar-refractivity contribution < 1.29 is 27.6 Å². The highest BCUT2D eigenvalue weighted by atomic mass is 19.4. The van der Waals surface area contributed by atoms with Gasteiger partial charge in [-0.15, -0.1) is 0 Å². The van der Waals surface area contributed by atoms with Crippen molar-refractivity contribution in [1.82, 2.24) is 4.98 Å². The standard InChI is InChI=1S/C25H17F3N2O4/c1-15-11-17(14-18(12-15)25(26,27)28)22(31)13-16-5-7-19(8-6-16)34-23-9-10-29-24-20(23)3-2-4-21(24)30(32)33/h2-12,14H,13H2,1H3. The Labute approximate surface area is 191 Å². The highest BCUT2D eigenvalue weighted by molar-refractivity contribution is 5.98. The third-order valence-corrected chi connectivity index (χ3v) is 5.15. The highest BCUT2D eigenvalue weighted by Crippen LogP contribution is 2.33. The second kappa shape index (κ2) is 8.93. The molecule has 0 saturated heterocycles.